The van der Waals surface area contributed by atoms with Gasteiger partial charge in [0.15, 0.2) is 0 Å². The molecule has 0 unspecified atom stereocenters. The minimum atomic E-state index is 0.401. The van der Waals surface area contributed by atoms with Crippen molar-refractivity contribution in [2.75, 3.05) is 0 Å². The summed E-state index contributed by atoms with van der Waals surface area (Å²) in [5.74, 6) is 0.531. The van der Waals surface area contributed by atoms with Crippen molar-refractivity contribution in [2.24, 2.45) is 0 Å². The molecule has 13 heavy (non-hydrogen) atoms. The Morgan fingerprint density at radius 3 is 2.15 bits per heavy atom. The molecule has 0 atom stereocenters. The van der Waals surface area contributed by atoms with E-state index in [2.05, 4.69) is 11.3 Å². The summed E-state index contributed by atoms with van der Waals surface area (Å²) in [4.78, 5) is 9.90. The molecule has 0 N–H and O–H groups in total. The number of allylic oxidation sites excluding steroid dienone is 4. The first kappa shape index (κ1) is 14.2. The standard InChI is InChI=1S/C9H12O2.C2H6/c1-4-9(11-7-10)6-5-8(2)3;1-2/h4-7H,2H2,1,3H3;1-2H3/b6-5-,9-4+;. The van der Waals surface area contributed by atoms with Crippen LogP contribution in [-0.4, -0.2) is 6.47 Å². The first-order chi connectivity index (χ1) is 6.20. The maximum Gasteiger partial charge on any atom is 0.298 e. The lowest BCUT2D eigenvalue weighted by atomic mass is 10.3. The highest BCUT2D eigenvalue weighted by Crippen LogP contribution is 1.99. The van der Waals surface area contributed by atoms with Crippen molar-refractivity contribution in [1.29, 1.82) is 0 Å². The number of carbonyl (C=O) groups is 1. The highest BCUT2D eigenvalue weighted by Gasteiger charge is 1.86. The van der Waals surface area contributed by atoms with Crippen molar-refractivity contribution < 1.29 is 9.53 Å². The van der Waals surface area contributed by atoms with Gasteiger partial charge in [-0.25, -0.2) is 0 Å². The van der Waals surface area contributed by atoms with Gasteiger partial charge in [0.25, 0.3) is 6.47 Å². The molecule has 0 aliphatic rings. The van der Waals surface area contributed by atoms with Crippen LogP contribution < -0.4 is 0 Å². The molecule has 0 amide bonds. The Morgan fingerprint density at radius 2 is 1.85 bits per heavy atom. The van der Waals surface area contributed by atoms with Gasteiger partial charge in [-0.3, -0.25) is 4.79 Å². The maximum absolute atomic E-state index is 9.90. The van der Waals surface area contributed by atoms with Gasteiger partial charge in [0.2, 0.25) is 0 Å². The van der Waals surface area contributed by atoms with Gasteiger partial charge >= 0.3 is 0 Å². The Balaban J connectivity index is 0. The second-order valence-electron chi connectivity index (χ2n) is 2.08. The molecule has 2 heteroatoms. The number of hydrogen-bond acceptors (Lipinski definition) is 2. The molecule has 2 nitrogen and oxygen atoms in total. The number of hydrogen-bond donors (Lipinski definition) is 0. The molecule has 0 aromatic carbocycles. The van der Waals surface area contributed by atoms with E-state index in [1.807, 2.05) is 20.8 Å². The van der Waals surface area contributed by atoms with Crippen LogP contribution in [0.15, 0.2) is 36.1 Å². The third-order valence-corrected chi connectivity index (χ3v) is 1.00. The van der Waals surface area contributed by atoms with Crippen LogP contribution >= 0.6 is 0 Å². The molecular formula is C11H18O2. The summed E-state index contributed by atoms with van der Waals surface area (Å²) in [6.45, 7) is 11.7. The van der Waals surface area contributed by atoms with E-state index < -0.39 is 0 Å². The van der Waals surface area contributed by atoms with Crippen LogP contribution in [0.4, 0.5) is 0 Å². The van der Waals surface area contributed by atoms with Crippen molar-refractivity contribution >= 4 is 6.47 Å². The van der Waals surface area contributed by atoms with Crippen molar-refractivity contribution in [1.82, 2.24) is 0 Å². The molecule has 0 aromatic rings. The molecule has 0 heterocycles. The average Bonchev–Trinajstić information content (AvgIpc) is 2.15. The zero-order valence-electron chi connectivity index (χ0n) is 8.83. The summed E-state index contributed by atoms with van der Waals surface area (Å²) in [5, 5.41) is 0. The largest absolute Gasteiger partial charge is 0.429 e. The molecular weight excluding hydrogens is 164 g/mol. The third-order valence-electron chi connectivity index (χ3n) is 1.00. The highest BCUT2D eigenvalue weighted by molar-refractivity contribution is 5.41. The Hall–Kier alpha value is -1.31. The van der Waals surface area contributed by atoms with Gasteiger partial charge in [-0.15, -0.1) is 0 Å². The van der Waals surface area contributed by atoms with Crippen molar-refractivity contribution in [3.63, 3.8) is 0 Å². The van der Waals surface area contributed by atoms with E-state index in [0.717, 1.165) is 5.57 Å². The highest BCUT2D eigenvalue weighted by atomic mass is 16.5. The summed E-state index contributed by atoms with van der Waals surface area (Å²) < 4.78 is 4.59. The van der Waals surface area contributed by atoms with Crippen LogP contribution in [0, 0.1) is 0 Å². The molecule has 0 saturated heterocycles. The van der Waals surface area contributed by atoms with Crippen molar-refractivity contribution in [3.8, 4) is 0 Å². The second-order valence-corrected chi connectivity index (χ2v) is 2.08. The molecule has 0 rings (SSSR count). The number of rotatable bonds is 4. The van der Waals surface area contributed by atoms with Gasteiger partial charge < -0.3 is 4.74 Å². The van der Waals surface area contributed by atoms with E-state index in [9.17, 15) is 4.79 Å². The number of carbonyl (C=O) groups excluding carboxylic acids is 1. The van der Waals surface area contributed by atoms with Crippen molar-refractivity contribution in [2.45, 2.75) is 27.7 Å². The normalized spacial score (nSPS) is 10.3. The van der Waals surface area contributed by atoms with E-state index in [1.54, 1.807) is 25.2 Å². The Bertz CT molecular complexity index is 200. The summed E-state index contributed by atoms with van der Waals surface area (Å²) >= 11 is 0. The van der Waals surface area contributed by atoms with Crippen LogP contribution in [0.3, 0.4) is 0 Å². The fourth-order valence-electron chi connectivity index (χ4n) is 0.483. The zero-order chi connectivity index (χ0) is 10.7. The van der Waals surface area contributed by atoms with Gasteiger partial charge in [0.05, 0.1) is 0 Å². The lowest BCUT2D eigenvalue weighted by Crippen LogP contribution is -1.84. The van der Waals surface area contributed by atoms with Crippen LogP contribution in [0.1, 0.15) is 27.7 Å². The van der Waals surface area contributed by atoms with Gasteiger partial charge in [-0.05, 0) is 26.0 Å². The van der Waals surface area contributed by atoms with E-state index in [0.29, 0.717) is 12.2 Å². The third kappa shape index (κ3) is 10.7. The minimum Gasteiger partial charge on any atom is -0.429 e. The first-order valence-corrected chi connectivity index (χ1v) is 4.31. The van der Waals surface area contributed by atoms with Crippen LogP contribution in [0.25, 0.3) is 0 Å². The molecule has 0 aliphatic carbocycles. The molecule has 0 fully saturated rings. The molecule has 0 aromatic heterocycles. The molecule has 74 valence electrons. The van der Waals surface area contributed by atoms with E-state index >= 15 is 0 Å². The topological polar surface area (TPSA) is 26.3 Å². The van der Waals surface area contributed by atoms with Gasteiger partial charge in [0.1, 0.15) is 5.76 Å². The first-order valence-electron chi connectivity index (χ1n) is 4.31. The second kappa shape index (κ2) is 10.7. The summed E-state index contributed by atoms with van der Waals surface area (Å²) in [6, 6.07) is 0. The molecule has 0 saturated carbocycles. The zero-order valence-corrected chi connectivity index (χ0v) is 8.83. The summed E-state index contributed by atoms with van der Waals surface area (Å²) in [5.41, 5.74) is 0.916. The van der Waals surface area contributed by atoms with E-state index in [4.69, 9.17) is 0 Å². The van der Waals surface area contributed by atoms with Crippen LogP contribution in [0.2, 0.25) is 0 Å². The summed E-state index contributed by atoms with van der Waals surface area (Å²) in [7, 11) is 0. The predicted molar refractivity (Wildman–Crippen MR) is 56.2 cm³/mol. The lowest BCUT2D eigenvalue weighted by molar-refractivity contribution is -0.124. The smallest absolute Gasteiger partial charge is 0.298 e. The number of ether oxygens (including phenoxy) is 1. The fourth-order valence-corrected chi connectivity index (χ4v) is 0.483. The average molecular weight is 182 g/mol. The quantitative estimate of drug-likeness (QED) is 0.379. The van der Waals surface area contributed by atoms with E-state index in [-0.39, 0.29) is 0 Å². The Kier molecular flexibility index (Phi) is 11.7. The minimum absolute atomic E-state index is 0.401. The van der Waals surface area contributed by atoms with E-state index in [1.165, 1.54) is 0 Å². The van der Waals surface area contributed by atoms with Crippen LogP contribution in [0.5, 0.6) is 0 Å². The SMILES string of the molecule is C=C(C)/C=C\C(=C/C)OC=O.CC. The monoisotopic (exact) mass is 182 g/mol. The van der Waals surface area contributed by atoms with Crippen molar-refractivity contribution in [3.05, 3.63) is 36.1 Å². The lowest BCUT2D eigenvalue weighted by Gasteiger charge is -1.94. The molecule has 0 aliphatic heterocycles. The summed E-state index contributed by atoms with van der Waals surface area (Å²) in [6.07, 6.45) is 5.17. The maximum atomic E-state index is 9.90. The predicted octanol–water partition coefficient (Wildman–Crippen LogP) is 3.22. The fraction of sp³-hybridized carbons (Fsp3) is 0.364. The Labute approximate surface area is 80.6 Å². The van der Waals surface area contributed by atoms with Crippen LogP contribution in [-0.2, 0) is 9.53 Å². The molecule has 0 bridgehead atoms. The molecule has 0 radical (unpaired) electrons. The van der Waals surface area contributed by atoms with Gasteiger partial charge in [0, 0.05) is 0 Å². The molecule has 0 spiro atoms. The van der Waals surface area contributed by atoms with Gasteiger partial charge in [-0.1, -0.05) is 32.1 Å². The van der Waals surface area contributed by atoms with Gasteiger partial charge in [-0.2, -0.15) is 0 Å². The Morgan fingerprint density at radius 1 is 1.31 bits per heavy atom.